The lowest BCUT2D eigenvalue weighted by Gasteiger charge is -2.34. The Morgan fingerprint density at radius 2 is 1.88 bits per heavy atom. The Labute approximate surface area is 242 Å². The number of hydrogen-bond donors (Lipinski definition) is 1. The first kappa shape index (κ1) is 29.1. The van der Waals surface area contributed by atoms with Crippen molar-refractivity contribution < 1.29 is 26.6 Å². The van der Waals surface area contributed by atoms with Gasteiger partial charge in [-0.3, -0.25) is 4.79 Å². The molecule has 0 aliphatic carbocycles. The Morgan fingerprint density at radius 3 is 2.54 bits per heavy atom. The van der Waals surface area contributed by atoms with Crippen molar-refractivity contribution in [1.29, 1.82) is 0 Å². The third-order valence-electron chi connectivity index (χ3n) is 7.66. The topological polar surface area (TPSA) is 106 Å². The number of piperidine rings is 1. The summed E-state index contributed by atoms with van der Waals surface area (Å²) in [7, 11) is -0.515. The van der Waals surface area contributed by atoms with Crippen LogP contribution in [0.15, 0.2) is 70.0 Å². The van der Waals surface area contributed by atoms with Crippen molar-refractivity contribution in [2.75, 3.05) is 37.7 Å². The fourth-order valence-electron chi connectivity index (χ4n) is 5.44. The molecular formula is C30H32FN3O5S2. The molecule has 1 saturated heterocycles. The number of furan rings is 1. The van der Waals surface area contributed by atoms with Gasteiger partial charge < -0.3 is 14.3 Å². The number of benzene rings is 3. The smallest absolute Gasteiger partial charge is 0.255 e. The standard InChI is InChI=1S/C30H32FN3O5S2/c1-19-8-5-6-10-27(19)41(37,38)34-15-7-9-21(18-34)23-16-24-26(17-25(23)33(3)40(4)36)39-29(28(24)30(35)32-2)20-11-13-22(31)14-12-20/h5-6,8,10-14,16-17,21H,7,9,15,18H2,1-4H3,(H,32,35)/t21-,40-/m0/s1. The summed E-state index contributed by atoms with van der Waals surface area (Å²) in [6.07, 6.45) is 2.91. The van der Waals surface area contributed by atoms with Crippen LogP contribution in [0.3, 0.4) is 0 Å². The monoisotopic (exact) mass is 597 g/mol. The quantitative estimate of drug-likeness (QED) is 0.294. The Morgan fingerprint density at radius 1 is 1.17 bits per heavy atom. The zero-order valence-corrected chi connectivity index (χ0v) is 24.9. The maximum absolute atomic E-state index is 13.7. The van der Waals surface area contributed by atoms with Crippen LogP contribution in [0.25, 0.3) is 22.3 Å². The largest absolute Gasteiger partial charge is 0.593 e. The number of halogens is 1. The number of carbonyl (C=O) groups is 1. The highest BCUT2D eigenvalue weighted by Crippen LogP contribution is 2.42. The van der Waals surface area contributed by atoms with Crippen molar-refractivity contribution in [2.45, 2.75) is 30.6 Å². The highest BCUT2D eigenvalue weighted by Gasteiger charge is 2.35. The third-order valence-corrected chi connectivity index (χ3v) is 10.7. The molecule has 0 saturated carbocycles. The van der Waals surface area contributed by atoms with Crippen molar-refractivity contribution in [2.24, 2.45) is 0 Å². The zero-order chi connectivity index (χ0) is 29.5. The number of carbonyl (C=O) groups excluding carboxylic acids is 1. The van der Waals surface area contributed by atoms with Crippen molar-refractivity contribution in [3.63, 3.8) is 0 Å². The van der Waals surface area contributed by atoms with Crippen molar-refractivity contribution >= 4 is 43.9 Å². The molecule has 0 unspecified atom stereocenters. The maximum Gasteiger partial charge on any atom is 0.255 e. The Kier molecular flexibility index (Phi) is 8.15. The Bertz CT molecular complexity index is 1700. The Balaban J connectivity index is 1.66. The fraction of sp³-hybridized carbons (Fsp3) is 0.300. The van der Waals surface area contributed by atoms with Crippen molar-refractivity contribution in [1.82, 2.24) is 9.62 Å². The van der Waals surface area contributed by atoms with E-state index in [0.717, 1.165) is 5.56 Å². The second-order valence-corrected chi connectivity index (χ2v) is 13.5. The van der Waals surface area contributed by atoms with Crippen LogP contribution in [0.4, 0.5) is 10.1 Å². The summed E-state index contributed by atoms with van der Waals surface area (Å²) in [6.45, 7) is 2.41. The van der Waals surface area contributed by atoms with Crippen molar-refractivity contribution in [3.8, 4) is 11.3 Å². The number of nitrogens with zero attached hydrogens (tertiary/aromatic N) is 2. The lowest BCUT2D eigenvalue weighted by molar-refractivity contribution is 0.0964. The van der Waals surface area contributed by atoms with E-state index < -0.39 is 27.2 Å². The molecule has 1 aliphatic rings. The summed E-state index contributed by atoms with van der Waals surface area (Å²) in [4.78, 5) is 13.4. The lowest BCUT2D eigenvalue weighted by Crippen LogP contribution is -2.39. The van der Waals surface area contributed by atoms with Gasteiger partial charge in [0.25, 0.3) is 5.91 Å². The molecule has 1 amide bonds. The first-order chi connectivity index (χ1) is 19.5. The number of sulfonamides is 1. The van der Waals surface area contributed by atoms with Gasteiger partial charge in [-0.15, -0.1) is 0 Å². The van der Waals surface area contributed by atoms with Gasteiger partial charge in [-0.25, -0.2) is 12.8 Å². The minimum atomic E-state index is -3.74. The predicted octanol–water partition coefficient (Wildman–Crippen LogP) is 5.20. The van der Waals surface area contributed by atoms with E-state index in [1.807, 2.05) is 12.1 Å². The van der Waals surface area contributed by atoms with Crippen LogP contribution in [-0.4, -0.2) is 56.6 Å². The number of hydrogen-bond acceptors (Lipinski definition) is 6. The van der Waals surface area contributed by atoms with Crippen LogP contribution in [0.2, 0.25) is 0 Å². The zero-order valence-electron chi connectivity index (χ0n) is 23.3. The number of fused-ring (bicyclic) bond motifs is 1. The molecule has 1 N–H and O–H groups in total. The number of rotatable bonds is 7. The van der Waals surface area contributed by atoms with Gasteiger partial charge in [-0.1, -0.05) is 18.2 Å². The molecule has 8 nitrogen and oxygen atoms in total. The first-order valence-electron chi connectivity index (χ1n) is 13.2. The van der Waals surface area contributed by atoms with Gasteiger partial charge in [0.05, 0.1) is 34.6 Å². The molecule has 216 valence electrons. The van der Waals surface area contributed by atoms with Crippen LogP contribution in [-0.2, 0) is 21.4 Å². The normalized spacial score (nSPS) is 17.0. The van der Waals surface area contributed by atoms with E-state index in [-0.39, 0.29) is 29.0 Å². The molecule has 2 heterocycles. The van der Waals surface area contributed by atoms with Gasteiger partial charge in [-0.05, 0) is 67.3 Å². The molecule has 4 aromatic rings. The molecule has 2 atom stereocenters. The second kappa shape index (κ2) is 11.5. The molecule has 0 radical (unpaired) electrons. The van der Waals surface area contributed by atoms with Crippen molar-refractivity contribution in [3.05, 3.63) is 83.2 Å². The summed E-state index contributed by atoms with van der Waals surface area (Å²) in [6, 6.07) is 16.2. The number of anilines is 1. The molecule has 1 aromatic heterocycles. The molecule has 0 spiro atoms. The molecule has 1 fully saturated rings. The molecule has 1 aliphatic heterocycles. The first-order valence-corrected chi connectivity index (χ1v) is 16.2. The van der Waals surface area contributed by atoms with E-state index in [2.05, 4.69) is 5.32 Å². The molecule has 41 heavy (non-hydrogen) atoms. The summed E-state index contributed by atoms with van der Waals surface area (Å²) in [5.41, 5.74) is 3.31. The van der Waals surface area contributed by atoms with Crippen LogP contribution < -0.4 is 9.62 Å². The van der Waals surface area contributed by atoms with E-state index in [1.54, 1.807) is 60.9 Å². The Hall–Kier alpha value is -3.38. The average Bonchev–Trinajstić information content (AvgIpc) is 3.34. The summed E-state index contributed by atoms with van der Waals surface area (Å²) >= 11 is -1.39. The summed E-state index contributed by atoms with van der Waals surface area (Å²) in [5.74, 6) is -0.725. The van der Waals surface area contributed by atoms with E-state index in [9.17, 15) is 22.2 Å². The van der Waals surface area contributed by atoms with Crippen LogP contribution in [0, 0.1) is 12.7 Å². The molecule has 0 bridgehead atoms. The summed E-state index contributed by atoms with van der Waals surface area (Å²) < 4.78 is 63.0. The average molecular weight is 598 g/mol. The van der Waals surface area contributed by atoms with Gasteiger partial charge in [0.1, 0.15) is 23.4 Å². The van der Waals surface area contributed by atoms with Gasteiger partial charge >= 0.3 is 0 Å². The summed E-state index contributed by atoms with van der Waals surface area (Å²) in [5, 5.41) is 3.20. The fourth-order valence-corrected chi connectivity index (χ4v) is 7.63. The highest BCUT2D eigenvalue weighted by molar-refractivity contribution is 7.92. The third kappa shape index (κ3) is 5.46. The van der Waals surface area contributed by atoms with Gasteiger partial charge in [0.15, 0.2) is 0 Å². The lowest BCUT2D eigenvalue weighted by atomic mass is 9.89. The van der Waals surface area contributed by atoms with Gasteiger partial charge in [0.2, 0.25) is 10.0 Å². The van der Waals surface area contributed by atoms with Crippen LogP contribution in [0.5, 0.6) is 0 Å². The molecule has 3 aromatic carbocycles. The number of nitrogens with one attached hydrogen (secondary N) is 1. The van der Waals surface area contributed by atoms with E-state index in [1.165, 1.54) is 23.5 Å². The second-order valence-electron chi connectivity index (χ2n) is 10.2. The number of aryl methyl sites for hydroxylation is 1. The minimum Gasteiger partial charge on any atom is -0.593 e. The van der Waals surface area contributed by atoms with E-state index in [4.69, 9.17) is 4.42 Å². The van der Waals surface area contributed by atoms with Gasteiger partial charge in [0, 0.05) is 43.1 Å². The predicted molar refractivity (Wildman–Crippen MR) is 159 cm³/mol. The minimum absolute atomic E-state index is 0.227. The van der Waals surface area contributed by atoms with Crippen LogP contribution >= 0.6 is 0 Å². The van der Waals surface area contributed by atoms with E-state index >= 15 is 0 Å². The maximum atomic E-state index is 13.7. The molecular weight excluding hydrogens is 565 g/mol. The van der Waals surface area contributed by atoms with Gasteiger partial charge in [-0.2, -0.15) is 8.61 Å². The molecule has 11 heteroatoms. The van der Waals surface area contributed by atoms with E-state index in [0.29, 0.717) is 52.7 Å². The SMILES string of the molecule is CNC(=O)c1c(-c2ccc(F)cc2)oc2cc(N(C)[S@+](C)[O-])c([C@H]3CCCN(S(=O)(=O)c4ccccc4C)C3)cc12. The highest BCUT2D eigenvalue weighted by atomic mass is 32.2. The molecule has 5 rings (SSSR count). The number of amides is 1. The van der Waals surface area contributed by atoms with Crippen LogP contribution in [0.1, 0.15) is 40.2 Å².